The van der Waals surface area contributed by atoms with E-state index in [1.165, 1.54) is 12.1 Å². The predicted octanol–water partition coefficient (Wildman–Crippen LogP) is 4.11. The first-order valence-electron chi connectivity index (χ1n) is 7.89. The molecule has 0 radical (unpaired) electrons. The lowest BCUT2D eigenvalue weighted by molar-refractivity contribution is 0.0950. The van der Waals surface area contributed by atoms with Crippen molar-refractivity contribution in [1.82, 2.24) is 5.32 Å². The van der Waals surface area contributed by atoms with Gasteiger partial charge in [0.05, 0.1) is 28.5 Å². The molecule has 2 aromatic rings. The fourth-order valence-electron chi connectivity index (χ4n) is 2.56. The van der Waals surface area contributed by atoms with Crippen molar-refractivity contribution < 1.29 is 13.9 Å². The van der Waals surface area contributed by atoms with Gasteiger partial charge in [-0.3, -0.25) is 4.79 Å². The lowest BCUT2D eigenvalue weighted by Gasteiger charge is -2.24. The summed E-state index contributed by atoms with van der Waals surface area (Å²) in [6.45, 7) is 2.88. The van der Waals surface area contributed by atoms with E-state index < -0.39 is 11.7 Å². The van der Waals surface area contributed by atoms with Gasteiger partial charge in [0.2, 0.25) is 0 Å². The summed E-state index contributed by atoms with van der Waals surface area (Å²) in [4.78, 5) is 14.4. The highest BCUT2D eigenvalue weighted by Crippen LogP contribution is 2.34. The van der Waals surface area contributed by atoms with Gasteiger partial charge in [-0.15, -0.1) is 0 Å². The van der Waals surface area contributed by atoms with Crippen molar-refractivity contribution in [3.8, 4) is 5.75 Å². The normalized spacial score (nSPS) is 10.5. The third-order valence-electron chi connectivity index (χ3n) is 4.02. The monoisotopic (exact) mass is 399 g/mol. The number of benzene rings is 2. The van der Waals surface area contributed by atoms with E-state index in [2.05, 4.69) is 5.32 Å². The number of amides is 1. The molecule has 5 nitrogen and oxygen atoms in total. The van der Waals surface area contributed by atoms with Crippen LogP contribution in [0.5, 0.6) is 5.75 Å². The van der Waals surface area contributed by atoms with E-state index in [-0.39, 0.29) is 22.2 Å². The second-order valence-electron chi connectivity index (χ2n) is 5.63. The molecule has 140 valence electrons. The van der Waals surface area contributed by atoms with Gasteiger partial charge >= 0.3 is 0 Å². The van der Waals surface area contributed by atoms with E-state index in [4.69, 9.17) is 33.7 Å². The largest absolute Gasteiger partial charge is 0.496 e. The molecule has 0 aliphatic rings. The van der Waals surface area contributed by atoms with E-state index >= 15 is 0 Å². The molecular formula is C18H20Cl2FN3O2. The van der Waals surface area contributed by atoms with Crippen molar-refractivity contribution >= 4 is 40.5 Å². The molecular weight excluding hydrogens is 380 g/mol. The fourth-order valence-corrected chi connectivity index (χ4v) is 3.05. The number of nitrogens with zero attached hydrogens (tertiary/aromatic N) is 1. The maximum Gasteiger partial charge on any atom is 0.251 e. The minimum atomic E-state index is -0.755. The van der Waals surface area contributed by atoms with E-state index in [0.29, 0.717) is 11.4 Å². The van der Waals surface area contributed by atoms with Gasteiger partial charge in [0.25, 0.3) is 5.91 Å². The van der Waals surface area contributed by atoms with Crippen molar-refractivity contribution in [1.29, 1.82) is 0 Å². The van der Waals surface area contributed by atoms with Crippen LogP contribution in [0.3, 0.4) is 0 Å². The first kappa shape index (κ1) is 20.1. The van der Waals surface area contributed by atoms with Crippen LogP contribution in [0, 0.1) is 5.82 Å². The first-order valence-corrected chi connectivity index (χ1v) is 8.64. The third kappa shape index (κ3) is 4.14. The predicted molar refractivity (Wildman–Crippen MR) is 104 cm³/mol. The second-order valence-corrected chi connectivity index (χ2v) is 6.45. The summed E-state index contributed by atoms with van der Waals surface area (Å²) in [6, 6.07) is 5.96. The van der Waals surface area contributed by atoms with Crippen molar-refractivity contribution in [2.75, 3.05) is 31.3 Å². The summed E-state index contributed by atoms with van der Waals surface area (Å²) in [6.07, 6.45) is 0. The smallest absolute Gasteiger partial charge is 0.251 e. The summed E-state index contributed by atoms with van der Waals surface area (Å²) in [5.41, 5.74) is 8.37. The number of ether oxygens (including phenoxy) is 1. The molecule has 2 rings (SSSR count). The van der Waals surface area contributed by atoms with Crippen LogP contribution in [0.1, 0.15) is 22.8 Å². The Bertz CT molecular complexity index is 807. The number of halogens is 3. The van der Waals surface area contributed by atoms with Gasteiger partial charge in [0.1, 0.15) is 5.75 Å². The van der Waals surface area contributed by atoms with Gasteiger partial charge < -0.3 is 20.7 Å². The average Bonchev–Trinajstić information content (AvgIpc) is 2.63. The van der Waals surface area contributed by atoms with Crippen LogP contribution < -0.4 is 20.7 Å². The number of anilines is 2. The summed E-state index contributed by atoms with van der Waals surface area (Å²) in [7, 11) is 3.45. The summed E-state index contributed by atoms with van der Waals surface area (Å²) in [5, 5.41) is 2.34. The Kier molecular flexibility index (Phi) is 6.56. The Balaban J connectivity index is 2.31. The van der Waals surface area contributed by atoms with Crippen molar-refractivity contribution in [2.24, 2.45) is 0 Å². The number of rotatable bonds is 6. The lowest BCUT2D eigenvalue weighted by atomic mass is 10.1. The molecule has 0 fully saturated rings. The fraction of sp³-hybridized carbons (Fsp3) is 0.278. The lowest BCUT2D eigenvalue weighted by Crippen LogP contribution is -2.26. The zero-order chi connectivity index (χ0) is 19.4. The molecule has 0 atom stereocenters. The van der Waals surface area contributed by atoms with E-state index in [0.717, 1.165) is 17.8 Å². The van der Waals surface area contributed by atoms with E-state index in [9.17, 15) is 9.18 Å². The highest BCUT2D eigenvalue weighted by Gasteiger charge is 2.18. The molecule has 26 heavy (non-hydrogen) atoms. The van der Waals surface area contributed by atoms with Crippen molar-refractivity contribution in [2.45, 2.75) is 13.5 Å². The highest BCUT2D eigenvalue weighted by molar-refractivity contribution is 6.35. The Morgan fingerprint density at radius 2 is 1.92 bits per heavy atom. The Labute approximate surface area is 161 Å². The summed E-state index contributed by atoms with van der Waals surface area (Å²) < 4.78 is 18.9. The molecule has 0 aliphatic heterocycles. The van der Waals surface area contributed by atoms with Gasteiger partial charge in [0, 0.05) is 31.3 Å². The molecule has 0 saturated carbocycles. The van der Waals surface area contributed by atoms with Crippen molar-refractivity contribution in [3.63, 3.8) is 0 Å². The number of nitrogens with two attached hydrogens (primary N) is 1. The Morgan fingerprint density at radius 1 is 1.31 bits per heavy atom. The van der Waals surface area contributed by atoms with Gasteiger partial charge in [-0.25, -0.2) is 4.39 Å². The van der Waals surface area contributed by atoms with Crippen LogP contribution in [0.4, 0.5) is 15.8 Å². The Morgan fingerprint density at radius 3 is 2.46 bits per heavy atom. The number of carbonyl (C=O) groups is 1. The quantitative estimate of drug-likeness (QED) is 0.566. The minimum Gasteiger partial charge on any atom is -0.496 e. The van der Waals surface area contributed by atoms with Gasteiger partial charge in [0.15, 0.2) is 5.82 Å². The second kappa shape index (κ2) is 8.47. The maximum absolute atomic E-state index is 13.5. The first-order chi connectivity index (χ1) is 12.3. The summed E-state index contributed by atoms with van der Waals surface area (Å²) >= 11 is 11.5. The average molecular weight is 400 g/mol. The van der Waals surface area contributed by atoms with Gasteiger partial charge in [-0.1, -0.05) is 23.2 Å². The molecule has 0 saturated heterocycles. The number of hydrogen-bond donors (Lipinski definition) is 2. The molecule has 1 amide bonds. The topological polar surface area (TPSA) is 67.6 Å². The van der Waals surface area contributed by atoms with Crippen LogP contribution in [-0.4, -0.2) is 26.6 Å². The summed E-state index contributed by atoms with van der Waals surface area (Å²) in [5.74, 6) is -0.595. The molecule has 0 spiro atoms. The number of methoxy groups -OCH3 is 1. The molecule has 2 aromatic carbocycles. The van der Waals surface area contributed by atoms with Crippen molar-refractivity contribution in [3.05, 3.63) is 51.3 Å². The number of carbonyl (C=O) groups excluding carboxylic acids is 1. The standard InChI is InChI=1S/C18H20Cl2FN3O2/c1-4-24(2)17-11(15(26-3)6-5-14(17)22)9-23-18(25)10-7-12(19)16(21)13(20)8-10/h5-8H,4,9,22H2,1-3H3,(H,23,25). The minimum absolute atomic E-state index is 0.162. The van der Waals surface area contributed by atoms with Crippen LogP contribution in [0.25, 0.3) is 0 Å². The van der Waals surface area contributed by atoms with Crippen LogP contribution >= 0.6 is 23.2 Å². The third-order valence-corrected chi connectivity index (χ3v) is 4.57. The van der Waals surface area contributed by atoms with Crippen LogP contribution in [0.2, 0.25) is 10.0 Å². The molecule has 8 heteroatoms. The zero-order valence-electron chi connectivity index (χ0n) is 14.7. The number of nitrogens with one attached hydrogen (secondary N) is 1. The Hall–Kier alpha value is -2.18. The van der Waals surface area contributed by atoms with E-state index in [1.807, 2.05) is 18.9 Å². The molecule has 3 N–H and O–H groups in total. The molecule has 0 unspecified atom stereocenters. The zero-order valence-corrected chi connectivity index (χ0v) is 16.2. The molecule has 0 aliphatic carbocycles. The molecule has 0 heterocycles. The van der Waals surface area contributed by atoms with Gasteiger partial charge in [-0.05, 0) is 31.2 Å². The molecule has 0 aromatic heterocycles. The SMILES string of the molecule is CCN(C)c1c(N)ccc(OC)c1CNC(=O)c1cc(Cl)c(F)c(Cl)c1. The maximum atomic E-state index is 13.5. The van der Waals surface area contributed by atoms with Crippen LogP contribution in [-0.2, 0) is 6.54 Å². The number of hydrogen-bond acceptors (Lipinski definition) is 4. The van der Waals surface area contributed by atoms with Gasteiger partial charge in [-0.2, -0.15) is 0 Å². The van der Waals surface area contributed by atoms with E-state index in [1.54, 1.807) is 19.2 Å². The van der Waals surface area contributed by atoms with Crippen LogP contribution in [0.15, 0.2) is 24.3 Å². The highest BCUT2D eigenvalue weighted by atomic mass is 35.5. The number of nitrogen functional groups attached to an aromatic ring is 1. The molecule has 0 bridgehead atoms.